The fourth-order valence-electron chi connectivity index (χ4n) is 3.82. The van der Waals surface area contributed by atoms with Crippen molar-refractivity contribution < 1.29 is 4.74 Å². The molecule has 21 heavy (non-hydrogen) atoms. The molecule has 2 aromatic rings. The zero-order chi connectivity index (χ0) is 14.7. The molecule has 3 heteroatoms. The van der Waals surface area contributed by atoms with Crippen molar-refractivity contribution >= 4 is 10.9 Å². The smallest absolute Gasteiger partial charge is 0.0873 e. The van der Waals surface area contributed by atoms with E-state index < -0.39 is 0 Å². The van der Waals surface area contributed by atoms with Gasteiger partial charge >= 0.3 is 0 Å². The van der Waals surface area contributed by atoms with Gasteiger partial charge in [0.25, 0.3) is 0 Å². The summed E-state index contributed by atoms with van der Waals surface area (Å²) in [4.78, 5) is 4.61. The average Bonchev–Trinajstić information content (AvgIpc) is 2.56. The molecule has 1 aliphatic carbocycles. The molecular weight excluding hydrogens is 260 g/mol. The molecule has 3 nitrogen and oxygen atoms in total. The van der Waals surface area contributed by atoms with E-state index >= 15 is 0 Å². The van der Waals surface area contributed by atoms with Crippen LogP contribution in [0.4, 0.5) is 0 Å². The number of para-hydroxylation sites is 1. The van der Waals surface area contributed by atoms with Crippen LogP contribution in [0, 0.1) is 0 Å². The van der Waals surface area contributed by atoms with Crippen LogP contribution in [0.25, 0.3) is 10.9 Å². The molecule has 112 valence electrons. The quantitative estimate of drug-likeness (QED) is 0.926. The molecule has 0 radical (unpaired) electrons. The minimum atomic E-state index is -0.112. The van der Waals surface area contributed by atoms with Gasteiger partial charge in [0.05, 0.1) is 17.2 Å². The zero-order valence-corrected chi connectivity index (χ0v) is 12.9. The van der Waals surface area contributed by atoms with E-state index in [1.807, 2.05) is 26.4 Å². The molecule has 0 spiro atoms. The molecular formula is C18H24N2O. The van der Waals surface area contributed by atoms with Crippen LogP contribution in [0.1, 0.15) is 43.7 Å². The summed E-state index contributed by atoms with van der Waals surface area (Å²) in [5.41, 5.74) is 2.22. The highest BCUT2D eigenvalue weighted by Crippen LogP contribution is 2.42. The van der Waals surface area contributed by atoms with Crippen LogP contribution in [-0.2, 0) is 4.74 Å². The van der Waals surface area contributed by atoms with Crippen molar-refractivity contribution in [3.63, 3.8) is 0 Å². The van der Waals surface area contributed by atoms with Crippen molar-refractivity contribution in [3.05, 3.63) is 42.1 Å². The predicted molar refractivity (Wildman–Crippen MR) is 86.4 cm³/mol. The van der Waals surface area contributed by atoms with Crippen molar-refractivity contribution in [2.45, 2.75) is 43.7 Å². The maximum Gasteiger partial charge on any atom is 0.0873 e. The largest absolute Gasteiger partial charge is 0.376 e. The minimum Gasteiger partial charge on any atom is -0.376 e. The summed E-state index contributed by atoms with van der Waals surface area (Å²) in [5, 5.41) is 4.70. The van der Waals surface area contributed by atoms with Crippen molar-refractivity contribution in [3.8, 4) is 0 Å². The van der Waals surface area contributed by atoms with Crippen molar-refractivity contribution in [1.29, 1.82) is 0 Å². The van der Waals surface area contributed by atoms with E-state index in [0.29, 0.717) is 0 Å². The first-order chi connectivity index (χ1) is 10.3. The summed E-state index contributed by atoms with van der Waals surface area (Å²) >= 11 is 0. The van der Waals surface area contributed by atoms with Crippen LogP contribution in [-0.4, -0.2) is 24.7 Å². The van der Waals surface area contributed by atoms with E-state index in [9.17, 15) is 0 Å². The summed E-state index contributed by atoms with van der Waals surface area (Å²) in [6.07, 6.45) is 7.89. The SMILES string of the molecule is CNC(c1cccc2cccnc12)C1(OC)CCCCC1. The number of methoxy groups -OCH3 is 1. The van der Waals surface area contributed by atoms with Gasteiger partial charge in [-0.3, -0.25) is 4.98 Å². The topological polar surface area (TPSA) is 34.2 Å². The fourth-order valence-corrected chi connectivity index (χ4v) is 3.82. The Morgan fingerprint density at radius 3 is 2.62 bits per heavy atom. The summed E-state index contributed by atoms with van der Waals surface area (Å²) < 4.78 is 6.04. The van der Waals surface area contributed by atoms with Crippen LogP contribution < -0.4 is 5.32 Å². The Morgan fingerprint density at radius 1 is 1.14 bits per heavy atom. The number of nitrogens with zero attached hydrogens (tertiary/aromatic N) is 1. The molecule has 1 heterocycles. The van der Waals surface area contributed by atoms with Gasteiger partial charge in [0, 0.05) is 18.7 Å². The van der Waals surface area contributed by atoms with Crippen LogP contribution in [0.15, 0.2) is 36.5 Å². The molecule has 1 atom stereocenters. The number of benzene rings is 1. The second-order valence-electron chi connectivity index (χ2n) is 5.97. The maximum absolute atomic E-state index is 6.04. The Morgan fingerprint density at radius 2 is 1.90 bits per heavy atom. The summed E-state index contributed by atoms with van der Waals surface area (Å²) in [6, 6.07) is 10.7. The van der Waals surface area contributed by atoms with Gasteiger partial charge in [-0.15, -0.1) is 0 Å². The summed E-state index contributed by atoms with van der Waals surface area (Å²) in [5.74, 6) is 0. The van der Waals surface area contributed by atoms with Gasteiger partial charge in [-0.2, -0.15) is 0 Å². The normalized spacial score (nSPS) is 19.5. The Kier molecular flexibility index (Phi) is 4.22. The lowest BCUT2D eigenvalue weighted by Crippen LogP contribution is -2.46. The summed E-state index contributed by atoms with van der Waals surface area (Å²) in [7, 11) is 3.88. The van der Waals surface area contributed by atoms with Gasteiger partial charge in [0.1, 0.15) is 0 Å². The second-order valence-corrected chi connectivity index (χ2v) is 5.97. The van der Waals surface area contributed by atoms with E-state index in [1.165, 1.54) is 30.2 Å². The first kappa shape index (κ1) is 14.5. The number of fused-ring (bicyclic) bond motifs is 1. The number of rotatable bonds is 4. The molecule has 0 amide bonds. The second kappa shape index (κ2) is 6.12. The van der Waals surface area contributed by atoms with Crippen molar-refractivity contribution in [1.82, 2.24) is 10.3 Å². The van der Waals surface area contributed by atoms with Crippen LogP contribution in [0.3, 0.4) is 0 Å². The van der Waals surface area contributed by atoms with Gasteiger partial charge < -0.3 is 10.1 Å². The molecule has 0 saturated heterocycles. The molecule has 0 aliphatic heterocycles. The fraction of sp³-hybridized carbons (Fsp3) is 0.500. The minimum absolute atomic E-state index is 0.112. The third-order valence-electron chi connectivity index (χ3n) is 4.90. The van der Waals surface area contributed by atoms with Crippen LogP contribution in [0.2, 0.25) is 0 Å². The lowest BCUT2D eigenvalue weighted by Gasteiger charge is -2.42. The molecule has 1 fully saturated rings. The molecule has 3 rings (SSSR count). The molecule has 1 N–H and O–H groups in total. The highest BCUT2D eigenvalue weighted by molar-refractivity contribution is 5.82. The number of likely N-dealkylation sites (N-methyl/N-ethyl adjacent to an activating group) is 1. The highest BCUT2D eigenvalue weighted by Gasteiger charge is 2.40. The lowest BCUT2D eigenvalue weighted by molar-refractivity contribution is -0.0668. The molecule has 1 aromatic heterocycles. The number of hydrogen-bond donors (Lipinski definition) is 1. The monoisotopic (exact) mass is 284 g/mol. The van der Waals surface area contributed by atoms with Gasteiger partial charge in [0.2, 0.25) is 0 Å². The number of hydrogen-bond acceptors (Lipinski definition) is 3. The van der Waals surface area contributed by atoms with Crippen LogP contribution >= 0.6 is 0 Å². The van der Waals surface area contributed by atoms with E-state index in [1.54, 1.807) is 0 Å². The van der Waals surface area contributed by atoms with Crippen molar-refractivity contribution in [2.75, 3.05) is 14.2 Å². The third-order valence-corrected chi connectivity index (χ3v) is 4.90. The van der Waals surface area contributed by atoms with Gasteiger partial charge in [-0.05, 0) is 31.5 Å². The van der Waals surface area contributed by atoms with Crippen LogP contribution in [0.5, 0.6) is 0 Å². The molecule has 0 bridgehead atoms. The van der Waals surface area contributed by atoms with E-state index in [4.69, 9.17) is 4.74 Å². The van der Waals surface area contributed by atoms with E-state index in [2.05, 4.69) is 34.6 Å². The zero-order valence-electron chi connectivity index (χ0n) is 12.9. The van der Waals surface area contributed by atoms with Gasteiger partial charge in [-0.1, -0.05) is 43.5 Å². The Bertz CT molecular complexity index is 600. The number of nitrogens with one attached hydrogen (secondary N) is 1. The van der Waals surface area contributed by atoms with Gasteiger partial charge in [-0.25, -0.2) is 0 Å². The van der Waals surface area contributed by atoms with Gasteiger partial charge in [0.15, 0.2) is 0 Å². The lowest BCUT2D eigenvalue weighted by atomic mass is 9.76. The predicted octanol–water partition coefficient (Wildman–Crippen LogP) is 3.84. The first-order valence-corrected chi connectivity index (χ1v) is 7.87. The third kappa shape index (κ3) is 2.56. The first-order valence-electron chi connectivity index (χ1n) is 7.87. The molecule has 1 unspecified atom stereocenters. The standard InChI is InChI=1S/C18H24N2O/c1-19-17(18(21-2)11-4-3-5-12-18)15-10-6-8-14-9-7-13-20-16(14)15/h6-10,13,17,19H,3-5,11-12H2,1-2H3. The van der Waals surface area contributed by atoms with E-state index in [0.717, 1.165) is 18.4 Å². The molecule has 1 saturated carbocycles. The Labute approximate surface area is 126 Å². The average molecular weight is 284 g/mol. The molecule has 1 aliphatic rings. The number of pyridine rings is 1. The Balaban J connectivity index is 2.09. The van der Waals surface area contributed by atoms with Crippen molar-refractivity contribution in [2.24, 2.45) is 0 Å². The number of aromatic nitrogens is 1. The summed E-state index contributed by atoms with van der Waals surface area (Å²) in [6.45, 7) is 0. The Hall–Kier alpha value is -1.45. The number of ether oxygens (including phenoxy) is 1. The highest BCUT2D eigenvalue weighted by atomic mass is 16.5. The van der Waals surface area contributed by atoms with E-state index in [-0.39, 0.29) is 11.6 Å². The maximum atomic E-state index is 6.04. The molecule has 1 aromatic carbocycles.